The molecular weight excluding hydrogens is 136 g/mol. The van der Waals surface area contributed by atoms with Crippen LogP contribution in [0.2, 0.25) is 0 Å². The molecule has 4 atom stereocenters. The quantitative estimate of drug-likeness (QED) is 0.517. The molecule has 0 spiro atoms. The SMILES string of the molecule is C1C[C@@H]2[C@H](C1)[C@@H]1CCC[C@H]2O1. The highest BCUT2D eigenvalue weighted by Crippen LogP contribution is 2.49. The molecule has 2 heterocycles. The molecule has 2 bridgehead atoms. The highest BCUT2D eigenvalue weighted by Gasteiger charge is 2.47. The first kappa shape index (κ1) is 6.47. The molecule has 2 saturated heterocycles. The van der Waals surface area contributed by atoms with E-state index in [0.717, 1.165) is 11.8 Å². The second-order valence-electron chi connectivity index (χ2n) is 4.40. The Morgan fingerprint density at radius 1 is 0.727 bits per heavy atom. The molecule has 1 heteroatoms. The Hall–Kier alpha value is -0.0400. The van der Waals surface area contributed by atoms with Crippen LogP contribution in [0, 0.1) is 11.8 Å². The topological polar surface area (TPSA) is 9.23 Å². The molecule has 0 amide bonds. The van der Waals surface area contributed by atoms with Gasteiger partial charge in [0.1, 0.15) is 0 Å². The Morgan fingerprint density at radius 3 is 1.91 bits per heavy atom. The van der Waals surface area contributed by atoms with E-state index in [0.29, 0.717) is 12.2 Å². The summed E-state index contributed by atoms with van der Waals surface area (Å²) in [7, 11) is 0. The van der Waals surface area contributed by atoms with Crippen LogP contribution in [0.3, 0.4) is 0 Å². The summed E-state index contributed by atoms with van der Waals surface area (Å²) in [6.07, 6.45) is 9.92. The van der Waals surface area contributed by atoms with Crippen LogP contribution in [0.1, 0.15) is 38.5 Å². The van der Waals surface area contributed by atoms with Crippen LogP contribution in [0.5, 0.6) is 0 Å². The molecule has 3 rings (SSSR count). The molecule has 0 aromatic rings. The predicted molar refractivity (Wildman–Crippen MR) is 43.3 cm³/mol. The van der Waals surface area contributed by atoms with E-state index in [1.807, 2.05) is 0 Å². The number of hydrogen-bond donors (Lipinski definition) is 0. The summed E-state index contributed by atoms with van der Waals surface area (Å²) in [6, 6.07) is 0. The lowest BCUT2D eigenvalue weighted by atomic mass is 9.92. The third-order valence-electron chi connectivity index (χ3n) is 3.91. The normalized spacial score (nSPS) is 54.5. The molecule has 0 unspecified atom stereocenters. The molecule has 0 N–H and O–H groups in total. The van der Waals surface area contributed by atoms with Gasteiger partial charge in [-0.1, -0.05) is 6.42 Å². The maximum absolute atomic E-state index is 5.96. The predicted octanol–water partition coefficient (Wildman–Crippen LogP) is 2.35. The largest absolute Gasteiger partial charge is 0.374 e. The first-order valence-corrected chi connectivity index (χ1v) is 5.10. The standard InChI is InChI=1S/C10H16O/c1-3-7-8(4-1)10-6-2-5-9(7)11-10/h7-10H,1-6H2/t7-,8+,9-,10+. The maximum atomic E-state index is 5.96. The van der Waals surface area contributed by atoms with Crippen LogP contribution in [0.4, 0.5) is 0 Å². The summed E-state index contributed by atoms with van der Waals surface area (Å²) in [6.45, 7) is 0. The van der Waals surface area contributed by atoms with Crippen molar-refractivity contribution in [3.63, 3.8) is 0 Å². The minimum atomic E-state index is 0.682. The molecule has 1 nitrogen and oxygen atoms in total. The van der Waals surface area contributed by atoms with E-state index in [-0.39, 0.29) is 0 Å². The van der Waals surface area contributed by atoms with Crippen molar-refractivity contribution in [3.05, 3.63) is 0 Å². The number of fused-ring (bicyclic) bond motifs is 5. The Bertz CT molecular complexity index is 150. The molecule has 0 aromatic carbocycles. The van der Waals surface area contributed by atoms with Gasteiger partial charge in [-0.15, -0.1) is 0 Å². The van der Waals surface area contributed by atoms with Gasteiger partial charge in [-0.2, -0.15) is 0 Å². The van der Waals surface area contributed by atoms with E-state index in [1.54, 1.807) is 0 Å². The van der Waals surface area contributed by atoms with Crippen molar-refractivity contribution in [1.29, 1.82) is 0 Å². The van der Waals surface area contributed by atoms with Gasteiger partial charge in [-0.05, 0) is 43.9 Å². The zero-order valence-corrected chi connectivity index (χ0v) is 6.96. The van der Waals surface area contributed by atoms with Gasteiger partial charge < -0.3 is 4.74 Å². The Balaban J connectivity index is 1.88. The smallest absolute Gasteiger partial charge is 0.0610 e. The molecule has 62 valence electrons. The zero-order chi connectivity index (χ0) is 7.26. The van der Waals surface area contributed by atoms with Crippen LogP contribution in [0.15, 0.2) is 0 Å². The third kappa shape index (κ3) is 0.807. The second-order valence-corrected chi connectivity index (χ2v) is 4.40. The summed E-state index contributed by atoms with van der Waals surface area (Å²) in [4.78, 5) is 0. The van der Waals surface area contributed by atoms with Gasteiger partial charge in [0.05, 0.1) is 12.2 Å². The van der Waals surface area contributed by atoms with E-state index in [2.05, 4.69) is 0 Å². The maximum Gasteiger partial charge on any atom is 0.0610 e. The van der Waals surface area contributed by atoms with Crippen molar-refractivity contribution < 1.29 is 4.74 Å². The van der Waals surface area contributed by atoms with Crippen LogP contribution in [-0.4, -0.2) is 12.2 Å². The van der Waals surface area contributed by atoms with E-state index in [1.165, 1.54) is 38.5 Å². The van der Waals surface area contributed by atoms with E-state index in [4.69, 9.17) is 4.74 Å². The van der Waals surface area contributed by atoms with E-state index in [9.17, 15) is 0 Å². The van der Waals surface area contributed by atoms with Crippen LogP contribution >= 0.6 is 0 Å². The number of rotatable bonds is 0. The van der Waals surface area contributed by atoms with Gasteiger partial charge in [0.2, 0.25) is 0 Å². The fraction of sp³-hybridized carbons (Fsp3) is 1.00. The molecular formula is C10H16O. The number of ether oxygens (including phenoxy) is 1. The fourth-order valence-electron chi connectivity index (χ4n) is 3.45. The Labute approximate surface area is 68.1 Å². The molecule has 0 aromatic heterocycles. The Morgan fingerprint density at radius 2 is 1.27 bits per heavy atom. The summed E-state index contributed by atoms with van der Waals surface area (Å²) in [5.41, 5.74) is 0. The molecule has 0 radical (unpaired) electrons. The minimum absolute atomic E-state index is 0.682. The fourth-order valence-corrected chi connectivity index (χ4v) is 3.45. The summed E-state index contributed by atoms with van der Waals surface area (Å²) in [5.74, 6) is 1.95. The molecule has 3 aliphatic rings. The lowest BCUT2D eigenvalue weighted by molar-refractivity contribution is -0.0143. The van der Waals surface area contributed by atoms with Crippen LogP contribution in [0.25, 0.3) is 0 Å². The average Bonchev–Trinajstić information content (AvgIpc) is 2.58. The van der Waals surface area contributed by atoms with Gasteiger partial charge in [-0.3, -0.25) is 0 Å². The lowest BCUT2D eigenvalue weighted by Crippen LogP contribution is -2.20. The zero-order valence-electron chi connectivity index (χ0n) is 6.96. The monoisotopic (exact) mass is 152 g/mol. The van der Waals surface area contributed by atoms with Gasteiger partial charge in [0.15, 0.2) is 0 Å². The van der Waals surface area contributed by atoms with Crippen molar-refractivity contribution in [3.8, 4) is 0 Å². The van der Waals surface area contributed by atoms with Crippen molar-refractivity contribution in [2.45, 2.75) is 50.7 Å². The lowest BCUT2D eigenvalue weighted by Gasteiger charge is -2.22. The molecule has 1 saturated carbocycles. The first-order valence-electron chi connectivity index (χ1n) is 5.10. The molecule has 3 fully saturated rings. The third-order valence-corrected chi connectivity index (χ3v) is 3.91. The van der Waals surface area contributed by atoms with Crippen molar-refractivity contribution >= 4 is 0 Å². The van der Waals surface area contributed by atoms with Gasteiger partial charge in [-0.25, -0.2) is 0 Å². The van der Waals surface area contributed by atoms with Gasteiger partial charge in [0, 0.05) is 0 Å². The molecule has 11 heavy (non-hydrogen) atoms. The first-order chi connectivity index (χ1) is 5.45. The number of hydrogen-bond acceptors (Lipinski definition) is 1. The van der Waals surface area contributed by atoms with Gasteiger partial charge >= 0.3 is 0 Å². The summed E-state index contributed by atoms with van der Waals surface area (Å²) >= 11 is 0. The van der Waals surface area contributed by atoms with Crippen LogP contribution < -0.4 is 0 Å². The Kier molecular flexibility index (Phi) is 1.31. The highest BCUT2D eigenvalue weighted by atomic mass is 16.5. The van der Waals surface area contributed by atoms with Crippen molar-refractivity contribution in [2.75, 3.05) is 0 Å². The molecule has 1 aliphatic carbocycles. The van der Waals surface area contributed by atoms with Crippen LogP contribution in [-0.2, 0) is 4.74 Å². The molecule has 2 aliphatic heterocycles. The van der Waals surface area contributed by atoms with E-state index < -0.39 is 0 Å². The van der Waals surface area contributed by atoms with E-state index >= 15 is 0 Å². The average molecular weight is 152 g/mol. The van der Waals surface area contributed by atoms with Crippen molar-refractivity contribution in [1.82, 2.24) is 0 Å². The summed E-state index contributed by atoms with van der Waals surface area (Å²) in [5, 5.41) is 0. The highest BCUT2D eigenvalue weighted by molar-refractivity contribution is 4.96. The second kappa shape index (κ2) is 2.22. The van der Waals surface area contributed by atoms with Gasteiger partial charge in [0.25, 0.3) is 0 Å². The minimum Gasteiger partial charge on any atom is -0.374 e. The van der Waals surface area contributed by atoms with Crippen molar-refractivity contribution in [2.24, 2.45) is 11.8 Å². The summed E-state index contributed by atoms with van der Waals surface area (Å²) < 4.78 is 5.96.